The Bertz CT molecular complexity index is 1060. The van der Waals surface area contributed by atoms with Crippen LogP contribution in [-0.2, 0) is 32.6 Å². The summed E-state index contributed by atoms with van der Waals surface area (Å²) in [5.74, 6) is -1.29. The van der Waals surface area contributed by atoms with Gasteiger partial charge in [0.25, 0.3) is 0 Å². The van der Waals surface area contributed by atoms with Gasteiger partial charge in [0.1, 0.15) is 18.4 Å². The van der Waals surface area contributed by atoms with Crippen LogP contribution >= 0.6 is 0 Å². The normalized spacial score (nSPS) is 12.2. The van der Waals surface area contributed by atoms with Crippen molar-refractivity contribution in [2.45, 2.75) is 46.2 Å². The Labute approximate surface area is 195 Å². The first-order valence-electron chi connectivity index (χ1n) is 11.0. The molecule has 0 fully saturated rings. The Morgan fingerprint density at radius 2 is 1.70 bits per heavy atom. The number of rotatable bonds is 11. The molecule has 0 aliphatic heterocycles. The van der Waals surface area contributed by atoms with Gasteiger partial charge in [-0.05, 0) is 49.1 Å². The second-order valence-corrected chi connectivity index (χ2v) is 9.77. The number of aryl methyl sites for hydroxylation is 1. The van der Waals surface area contributed by atoms with E-state index >= 15 is 0 Å². The second-order valence-electron chi connectivity index (χ2n) is 7.87. The van der Waals surface area contributed by atoms with Crippen LogP contribution in [0.3, 0.4) is 0 Å². The third kappa shape index (κ3) is 7.28. The van der Waals surface area contributed by atoms with Crippen molar-refractivity contribution in [1.29, 1.82) is 0 Å². The van der Waals surface area contributed by atoms with Gasteiger partial charge in [0.05, 0.1) is 11.9 Å². The van der Waals surface area contributed by atoms with E-state index < -0.39 is 34.3 Å². The van der Waals surface area contributed by atoms with Gasteiger partial charge in [-0.25, -0.2) is 12.8 Å². The molecule has 0 saturated heterocycles. The number of halogens is 1. The molecule has 33 heavy (non-hydrogen) atoms. The third-order valence-electron chi connectivity index (χ3n) is 5.30. The molecule has 9 heteroatoms. The largest absolute Gasteiger partial charge is 0.354 e. The highest BCUT2D eigenvalue weighted by atomic mass is 32.2. The van der Waals surface area contributed by atoms with E-state index in [1.54, 1.807) is 19.1 Å². The molecule has 0 radical (unpaired) electrons. The molecule has 0 bridgehead atoms. The summed E-state index contributed by atoms with van der Waals surface area (Å²) in [6.45, 7) is 5.46. The molecule has 0 heterocycles. The van der Waals surface area contributed by atoms with E-state index in [4.69, 9.17) is 0 Å². The Morgan fingerprint density at radius 1 is 1.06 bits per heavy atom. The van der Waals surface area contributed by atoms with Crippen molar-refractivity contribution in [3.63, 3.8) is 0 Å². The zero-order valence-electron chi connectivity index (χ0n) is 19.5. The molecule has 7 nitrogen and oxygen atoms in total. The summed E-state index contributed by atoms with van der Waals surface area (Å²) in [6, 6.07) is 11.8. The van der Waals surface area contributed by atoms with Crippen molar-refractivity contribution in [3.8, 4) is 0 Å². The van der Waals surface area contributed by atoms with Gasteiger partial charge in [0.2, 0.25) is 21.8 Å². The SMILES string of the molecule is CCCNC(=O)C(C)N(Cc1ccc(F)cc1)C(=O)CN(c1ccccc1CC)S(C)(=O)=O. The van der Waals surface area contributed by atoms with Crippen LogP contribution in [0, 0.1) is 5.82 Å². The fraction of sp³-hybridized carbons (Fsp3) is 0.417. The maximum Gasteiger partial charge on any atom is 0.244 e. The lowest BCUT2D eigenvalue weighted by Gasteiger charge is -2.32. The van der Waals surface area contributed by atoms with Crippen LogP contribution in [0.5, 0.6) is 0 Å². The van der Waals surface area contributed by atoms with Crippen LogP contribution < -0.4 is 9.62 Å². The number of anilines is 1. The van der Waals surface area contributed by atoms with Gasteiger partial charge in [0, 0.05) is 13.1 Å². The van der Waals surface area contributed by atoms with Gasteiger partial charge < -0.3 is 10.2 Å². The smallest absolute Gasteiger partial charge is 0.244 e. The zero-order valence-corrected chi connectivity index (χ0v) is 20.4. The van der Waals surface area contributed by atoms with Crippen molar-refractivity contribution in [2.24, 2.45) is 0 Å². The van der Waals surface area contributed by atoms with E-state index in [9.17, 15) is 22.4 Å². The second kappa shape index (κ2) is 11.8. The topological polar surface area (TPSA) is 86.8 Å². The van der Waals surface area contributed by atoms with Crippen LogP contribution in [0.4, 0.5) is 10.1 Å². The van der Waals surface area contributed by atoms with E-state index in [0.717, 1.165) is 22.5 Å². The molecule has 0 aliphatic carbocycles. The number of amides is 2. The number of hydrogen-bond donors (Lipinski definition) is 1. The molecule has 0 spiro atoms. The van der Waals surface area contributed by atoms with Gasteiger partial charge in [0.15, 0.2) is 0 Å². The van der Waals surface area contributed by atoms with E-state index in [1.165, 1.54) is 29.2 Å². The molecular weight excluding hydrogens is 445 g/mol. The fourth-order valence-corrected chi connectivity index (χ4v) is 4.29. The molecule has 0 saturated carbocycles. The molecule has 0 aliphatic rings. The number of carbonyl (C=O) groups excluding carboxylic acids is 2. The van der Waals surface area contributed by atoms with Crippen LogP contribution in [0.1, 0.15) is 38.3 Å². The van der Waals surface area contributed by atoms with Crippen LogP contribution in [0.2, 0.25) is 0 Å². The van der Waals surface area contributed by atoms with Crippen molar-refractivity contribution >= 4 is 27.5 Å². The molecular formula is C24H32FN3O4S. The van der Waals surface area contributed by atoms with E-state index in [0.29, 0.717) is 24.2 Å². The number of para-hydroxylation sites is 1. The maximum atomic E-state index is 13.4. The van der Waals surface area contributed by atoms with Crippen molar-refractivity contribution in [3.05, 3.63) is 65.5 Å². The van der Waals surface area contributed by atoms with Crippen LogP contribution in [0.25, 0.3) is 0 Å². The molecule has 2 amide bonds. The number of nitrogens with one attached hydrogen (secondary N) is 1. The summed E-state index contributed by atoms with van der Waals surface area (Å²) in [4.78, 5) is 27.4. The summed E-state index contributed by atoms with van der Waals surface area (Å²) < 4.78 is 39.7. The summed E-state index contributed by atoms with van der Waals surface area (Å²) in [7, 11) is -3.78. The summed E-state index contributed by atoms with van der Waals surface area (Å²) in [5.41, 5.74) is 1.84. The van der Waals surface area contributed by atoms with Crippen molar-refractivity contribution < 1.29 is 22.4 Å². The Kier molecular flexibility index (Phi) is 9.40. The highest BCUT2D eigenvalue weighted by Crippen LogP contribution is 2.24. The van der Waals surface area contributed by atoms with E-state index in [-0.39, 0.29) is 12.5 Å². The van der Waals surface area contributed by atoms with Crippen molar-refractivity contribution in [1.82, 2.24) is 10.2 Å². The average molecular weight is 478 g/mol. The molecule has 1 unspecified atom stereocenters. The summed E-state index contributed by atoms with van der Waals surface area (Å²) >= 11 is 0. The lowest BCUT2D eigenvalue weighted by molar-refractivity contribution is -0.139. The number of nitrogens with zero attached hydrogens (tertiary/aromatic N) is 2. The third-order valence-corrected chi connectivity index (χ3v) is 6.43. The molecule has 0 aromatic heterocycles. The number of benzene rings is 2. The Morgan fingerprint density at radius 3 is 2.27 bits per heavy atom. The van der Waals surface area contributed by atoms with Crippen LogP contribution in [-0.4, -0.2) is 50.5 Å². The first kappa shape index (κ1) is 26.3. The number of hydrogen-bond acceptors (Lipinski definition) is 4. The first-order chi connectivity index (χ1) is 15.6. The predicted molar refractivity (Wildman–Crippen MR) is 128 cm³/mol. The highest BCUT2D eigenvalue weighted by Gasteiger charge is 2.30. The lowest BCUT2D eigenvalue weighted by Crippen LogP contribution is -2.51. The molecule has 2 rings (SSSR count). The highest BCUT2D eigenvalue weighted by molar-refractivity contribution is 7.92. The minimum atomic E-state index is -3.78. The van der Waals surface area contributed by atoms with Gasteiger partial charge >= 0.3 is 0 Å². The summed E-state index contributed by atoms with van der Waals surface area (Å²) in [6.07, 6.45) is 2.37. The maximum absolute atomic E-state index is 13.4. The quantitative estimate of drug-likeness (QED) is 0.539. The fourth-order valence-electron chi connectivity index (χ4n) is 3.41. The van der Waals surface area contributed by atoms with Gasteiger partial charge in [-0.15, -0.1) is 0 Å². The van der Waals surface area contributed by atoms with E-state index in [2.05, 4.69) is 5.32 Å². The standard InChI is InChI=1S/C24H32FN3O4S/c1-5-15-26-24(30)18(3)27(16-19-11-13-21(25)14-12-19)23(29)17-28(33(4,31)32)22-10-8-7-9-20(22)6-2/h7-14,18H,5-6,15-17H2,1-4H3,(H,26,30). The molecule has 1 atom stereocenters. The predicted octanol–water partition coefficient (Wildman–Crippen LogP) is 3.10. The molecule has 1 N–H and O–H groups in total. The minimum absolute atomic E-state index is 0.0346. The number of sulfonamides is 1. The minimum Gasteiger partial charge on any atom is -0.354 e. The molecule has 2 aromatic carbocycles. The molecule has 180 valence electrons. The van der Waals surface area contributed by atoms with Gasteiger partial charge in [-0.3, -0.25) is 13.9 Å². The van der Waals surface area contributed by atoms with Gasteiger partial charge in [-0.2, -0.15) is 0 Å². The average Bonchev–Trinajstić information content (AvgIpc) is 2.79. The molecule has 2 aromatic rings. The summed E-state index contributed by atoms with van der Waals surface area (Å²) in [5, 5.41) is 2.77. The number of carbonyl (C=O) groups is 2. The first-order valence-corrected chi connectivity index (χ1v) is 12.8. The van der Waals surface area contributed by atoms with Crippen LogP contribution in [0.15, 0.2) is 48.5 Å². The monoisotopic (exact) mass is 477 g/mol. The van der Waals surface area contributed by atoms with Crippen molar-refractivity contribution in [2.75, 3.05) is 23.7 Å². The van der Waals surface area contributed by atoms with E-state index in [1.807, 2.05) is 26.0 Å². The lowest BCUT2D eigenvalue weighted by atomic mass is 10.1. The van der Waals surface area contributed by atoms with Gasteiger partial charge in [-0.1, -0.05) is 44.2 Å². The Balaban J connectivity index is 2.39. The zero-order chi connectivity index (χ0) is 24.6. The Hall–Kier alpha value is -2.94.